The Bertz CT molecular complexity index is 1120. The lowest BCUT2D eigenvalue weighted by Gasteiger charge is -2.08. The summed E-state index contributed by atoms with van der Waals surface area (Å²) in [7, 11) is 0. The van der Waals surface area contributed by atoms with Crippen LogP contribution in [0.5, 0.6) is 0 Å². The van der Waals surface area contributed by atoms with Crippen molar-refractivity contribution >= 4 is 46.5 Å². The number of benzene rings is 3. The monoisotopic (exact) mass is 462 g/mol. The zero-order chi connectivity index (χ0) is 20.2. The zero-order valence-corrected chi connectivity index (χ0v) is 18.6. The Morgan fingerprint density at radius 1 is 0.900 bits per heavy atom. The van der Waals surface area contributed by atoms with E-state index in [2.05, 4.69) is 34.3 Å². The fourth-order valence-electron chi connectivity index (χ4n) is 3.53. The quantitative estimate of drug-likeness (QED) is 0.295. The van der Waals surface area contributed by atoms with Crippen LogP contribution in [0.3, 0.4) is 0 Å². The van der Waals surface area contributed by atoms with E-state index in [1.54, 1.807) is 6.07 Å². The van der Waals surface area contributed by atoms with Crippen molar-refractivity contribution in [3.63, 3.8) is 0 Å². The van der Waals surface area contributed by atoms with Crippen molar-refractivity contribution in [2.75, 3.05) is 6.54 Å². The third-order valence-electron chi connectivity index (χ3n) is 5.05. The summed E-state index contributed by atoms with van der Waals surface area (Å²) >= 11 is 12.4. The average Bonchev–Trinajstić information content (AvgIpc) is 3.06. The summed E-state index contributed by atoms with van der Waals surface area (Å²) in [6.45, 7) is 2.28. The average molecular weight is 464 g/mol. The molecule has 0 aliphatic rings. The van der Waals surface area contributed by atoms with Crippen LogP contribution in [-0.2, 0) is 19.5 Å². The number of nitrogens with one attached hydrogen (secondary N) is 1. The number of halogens is 4. The molecular formula is C24H22Cl3FN2. The van der Waals surface area contributed by atoms with Crippen LogP contribution in [-0.4, -0.2) is 11.1 Å². The molecule has 1 N–H and O–H groups in total. The van der Waals surface area contributed by atoms with E-state index in [1.807, 2.05) is 30.3 Å². The van der Waals surface area contributed by atoms with Crippen molar-refractivity contribution in [3.8, 4) is 0 Å². The first-order valence-electron chi connectivity index (χ1n) is 9.56. The van der Waals surface area contributed by atoms with Crippen LogP contribution in [0.4, 0.5) is 4.39 Å². The molecule has 0 aliphatic heterocycles. The topological polar surface area (TPSA) is 17.0 Å². The van der Waals surface area contributed by atoms with Gasteiger partial charge >= 0.3 is 0 Å². The number of fused-ring (bicyclic) bond motifs is 1. The van der Waals surface area contributed by atoms with Gasteiger partial charge in [0.2, 0.25) is 0 Å². The summed E-state index contributed by atoms with van der Waals surface area (Å²) in [5, 5.41) is 6.05. The standard InChI is InChI=1S/C24H21Cl2FN2.ClH/c25-20-8-7-18(23(26)13-20)15-29-16-19(22-3-1-2-4-24(22)29)14-28-12-11-17-5-9-21(27)10-6-17;/h1-10,13,16,28H,11-12,14-15H2;1H. The van der Waals surface area contributed by atoms with Gasteiger partial charge in [-0.05, 0) is 60.0 Å². The molecule has 1 heterocycles. The Morgan fingerprint density at radius 3 is 2.43 bits per heavy atom. The maximum absolute atomic E-state index is 13.0. The summed E-state index contributed by atoms with van der Waals surface area (Å²) in [6, 6.07) is 20.7. The lowest BCUT2D eigenvalue weighted by Crippen LogP contribution is -2.16. The molecule has 30 heavy (non-hydrogen) atoms. The third-order valence-corrected chi connectivity index (χ3v) is 5.63. The van der Waals surface area contributed by atoms with E-state index >= 15 is 0 Å². The van der Waals surface area contributed by atoms with Crippen LogP contribution in [0.1, 0.15) is 16.7 Å². The Kier molecular flexibility index (Phi) is 7.79. The normalized spacial score (nSPS) is 10.9. The summed E-state index contributed by atoms with van der Waals surface area (Å²) in [6.07, 6.45) is 3.04. The first-order chi connectivity index (χ1) is 14.1. The van der Waals surface area contributed by atoms with Gasteiger partial charge in [0.25, 0.3) is 0 Å². The minimum Gasteiger partial charge on any atom is -0.343 e. The van der Waals surface area contributed by atoms with E-state index in [-0.39, 0.29) is 18.2 Å². The summed E-state index contributed by atoms with van der Waals surface area (Å²) in [5.74, 6) is -0.199. The van der Waals surface area contributed by atoms with Gasteiger partial charge < -0.3 is 9.88 Å². The maximum atomic E-state index is 13.0. The van der Waals surface area contributed by atoms with Gasteiger partial charge in [0.1, 0.15) is 5.82 Å². The molecule has 0 aliphatic carbocycles. The molecule has 1 aromatic heterocycles. The van der Waals surface area contributed by atoms with Gasteiger partial charge in [-0.15, -0.1) is 12.4 Å². The summed E-state index contributed by atoms with van der Waals surface area (Å²) < 4.78 is 15.2. The van der Waals surface area contributed by atoms with E-state index in [0.29, 0.717) is 16.6 Å². The predicted octanol–water partition coefficient (Wildman–Crippen LogP) is 6.89. The fraction of sp³-hybridized carbons (Fsp3) is 0.167. The van der Waals surface area contributed by atoms with Crippen molar-refractivity contribution in [1.82, 2.24) is 9.88 Å². The van der Waals surface area contributed by atoms with E-state index in [0.717, 1.165) is 30.6 Å². The van der Waals surface area contributed by atoms with Crippen LogP contribution >= 0.6 is 35.6 Å². The smallest absolute Gasteiger partial charge is 0.123 e. The molecule has 0 spiro atoms. The lowest BCUT2D eigenvalue weighted by atomic mass is 10.1. The van der Waals surface area contributed by atoms with Crippen LogP contribution in [0.15, 0.2) is 72.9 Å². The molecular weight excluding hydrogens is 442 g/mol. The molecule has 0 unspecified atom stereocenters. The molecule has 0 atom stereocenters. The second-order valence-electron chi connectivity index (χ2n) is 7.09. The molecule has 0 radical (unpaired) electrons. The van der Waals surface area contributed by atoms with Crippen LogP contribution < -0.4 is 5.32 Å². The molecule has 0 saturated heterocycles. The highest BCUT2D eigenvalue weighted by Crippen LogP contribution is 2.26. The molecule has 3 aromatic carbocycles. The Morgan fingerprint density at radius 2 is 1.67 bits per heavy atom. The number of rotatable bonds is 7. The molecule has 6 heteroatoms. The van der Waals surface area contributed by atoms with Gasteiger partial charge in [-0.25, -0.2) is 4.39 Å². The first kappa shape index (κ1) is 22.6. The van der Waals surface area contributed by atoms with Crippen molar-refractivity contribution in [3.05, 3.63) is 105 Å². The number of nitrogens with zero attached hydrogens (tertiary/aromatic N) is 1. The van der Waals surface area contributed by atoms with Crippen molar-refractivity contribution in [1.29, 1.82) is 0 Å². The second-order valence-corrected chi connectivity index (χ2v) is 7.93. The van der Waals surface area contributed by atoms with Crippen LogP contribution in [0, 0.1) is 5.82 Å². The number of para-hydroxylation sites is 1. The third kappa shape index (κ3) is 5.35. The highest BCUT2D eigenvalue weighted by Gasteiger charge is 2.10. The van der Waals surface area contributed by atoms with Gasteiger partial charge in [0.15, 0.2) is 0 Å². The summed E-state index contributed by atoms with van der Waals surface area (Å²) in [5.41, 5.74) is 4.57. The summed E-state index contributed by atoms with van der Waals surface area (Å²) in [4.78, 5) is 0. The Hall–Kier alpha value is -2.04. The second kappa shape index (κ2) is 10.3. The highest BCUT2D eigenvalue weighted by molar-refractivity contribution is 6.35. The molecule has 156 valence electrons. The van der Waals surface area contributed by atoms with Gasteiger partial charge in [0, 0.05) is 40.2 Å². The van der Waals surface area contributed by atoms with E-state index in [4.69, 9.17) is 23.2 Å². The Balaban J connectivity index is 0.00000256. The van der Waals surface area contributed by atoms with Gasteiger partial charge in [-0.2, -0.15) is 0 Å². The maximum Gasteiger partial charge on any atom is 0.123 e. The molecule has 0 amide bonds. The minimum absolute atomic E-state index is 0. The number of aromatic nitrogens is 1. The molecule has 2 nitrogen and oxygen atoms in total. The molecule has 4 rings (SSSR count). The Labute approximate surface area is 192 Å². The first-order valence-corrected chi connectivity index (χ1v) is 10.3. The van der Waals surface area contributed by atoms with Crippen molar-refractivity contribution < 1.29 is 4.39 Å². The van der Waals surface area contributed by atoms with Crippen molar-refractivity contribution in [2.24, 2.45) is 0 Å². The highest BCUT2D eigenvalue weighted by atomic mass is 35.5. The molecule has 4 aromatic rings. The number of hydrogen-bond acceptors (Lipinski definition) is 1. The van der Waals surface area contributed by atoms with E-state index in [9.17, 15) is 4.39 Å². The lowest BCUT2D eigenvalue weighted by molar-refractivity contribution is 0.626. The van der Waals surface area contributed by atoms with Crippen molar-refractivity contribution in [2.45, 2.75) is 19.5 Å². The molecule has 0 bridgehead atoms. The van der Waals surface area contributed by atoms with E-state index in [1.165, 1.54) is 28.6 Å². The van der Waals surface area contributed by atoms with Gasteiger partial charge in [0.05, 0.1) is 0 Å². The number of hydrogen-bond donors (Lipinski definition) is 1. The predicted molar refractivity (Wildman–Crippen MR) is 127 cm³/mol. The van der Waals surface area contributed by atoms with Crippen LogP contribution in [0.2, 0.25) is 10.0 Å². The van der Waals surface area contributed by atoms with Gasteiger partial charge in [-0.1, -0.05) is 59.6 Å². The fourth-order valence-corrected chi connectivity index (χ4v) is 4.00. The van der Waals surface area contributed by atoms with Gasteiger partial charge in [-0.3, -0.25) is 0 Å². The molecule has 0 saturated carbocycles. The van der Waals surface area contributed by atoms with E-state index < -0.39 is 0 Å². The zero-order valence-electron chi connectivity index (χ0n) is 16.2. The minimum atomic E-state index is -0.199. The molecule has 0 fully saturated rings. The SMILES string of the molecule is Cl.Fc1ccc(CCNCc2cn(Cc3ccc(Cl)cc3Cl)c3ccccc23)cc1. The largest absolute Gasteiger partial charge is 0.343 e. The van der Waals surface area contributed by atoms with Crippen LogP contribution in [0.25, 0.3) is 10.9 Å².